The van der Waals surface area contributed by atoms with E-state index in [1.807, 2.05) is 18.5 Å². The quantitative estimate of drug-likeness (QED) is 0.478. The second-order valence-corrected chi connectivity index (χ2v) is 5.62. The van der Waals surface area contributed by atoms with E-state index in [2.05, 4.69) is 26.4 Å². The maximum absolute atomic E-state index is 11.7. The monoisotopic (exact) mass is 305 g/mol. The van der Waals surface area contributed by atoms with Crippen LogP contribution in [-0.2, 0) is 11.3 Å². The predicted octanol–water partition coefficient (Wildman–Crippen LogP) is 1.59. The first-order chi connectivity index (χ1) is 10.1. The lowest BCUT2D eigenvalue weighted by Crippen LogP contribution is -2.27. The number of hydrogen-bond acceptors (Lipinski definition) is 5. The number of aryl methyl sites for hydroxylation is 3. The highest BCUT2D eigenvalue weighted by atomic mass is 32.2. The van der Waals surface area contributed by atoms with Gasteiger partial charge in [-0.15, -0.1) is 0 Å². The molecule has 2 rings (SSSR count). The number of thioether (sulfide) groups is 1. The topological polar surface area (TPSA) is 72.7 Å². The second-order valence-electron chi connectivity index (χ2n) is 4.67. The van der Waals surface area contributed by atoms with E-state index in [1.54, 1.807) is 18.5 Å². The van der Waals surface area contributed by atoms with Gasteiger partial charge < -0.3 is 5.32 Å². The zero-order valence-corrected chi connectivity index (χ0v) is 13.1. The average Bonchev–Trinajstić information content (AvgIpc) is 2.80. The Kier molecular flexibility index (Phi) is 5.74. The maximum atomic E-state index is 11.7. The summed E-state index contributed by atoms with van der Waals surface area (Å²) < 4.78 is 1.97. The molecule has 0 atom stereocenters. The summed E-state index contributed by atoms with van der Waals surface area (Å²) in [7, 11) is 0. The van der Waals surface area contributed by atoms with Crippen molar-refractivity contribution in [2.45, 2.75) is 32.0 Å². The molecule has 2 heterocycles. The van der Waals surface area contributed by atoms with Crippen molar-refractivity contribution in [3.8, 4) is 0 Å². The van der Waals surface area contributed by atoms with Crippen molar-refractivity contribution in [2.24, 2.45) is 0 Å². The number of carbonyl (C=O) groups excluding carboxylic acids is 1. The Hall–Kier alpha value is -1.89. The Morgan fingerprint density at radius 3 is 2.76 bits per heavy atom. The zero-order valence-electron chi connectivity index (χ0n) is 12.2. The van der Waals surface area contributed by atoms with E-state index in [4.69, 9.17) is 0 Å². The molecule has 0 spiro atoms. The SMILES string of the molecule is Cc1cc(C)n(CCCNC(=O)CSc2ncccn2)n1. The fourth-order valence-electron chi connectivity index (χ4n) is 1.90. The summed E-state index contributed by atoms with van der Waals surface area (Å²) in [6.45, 7) is 5.48. The van der Waals surface area contributed by atoms with Gasteiger partial charge >= 0.3 is 0 Å². The Bertz CT molecular complexity index is 584. The maximum Gasteiger partial charge on any atom is 0.230 e. The van der Waals surface area contributed by atoms with Gasteiger partial charge in [-0.05, 0) is 32.4 Å². The van der Waals surface area contributed by atoms with Crippen LogP contribution in [0, 0.1) is 13.8 Å². The van der Waals surface area contributed by atoms with Gasteiger partial charge in [-0.2, -0.15) is 5.10 Å². The van der Waals surface area contributed by atoms with Crippen molar-refractivity contribution in [2.75, 3.05) is 12.3 Å². The minimum absolute atomic E-state index is 0.000760. The smallest absolute Gasteiger partial charge is 0.230 e. The van der Waals surface area contributed by atoms with Crippen LogP contribution in [0.1, 0.15) is 17.8 Å². The predicted molar refractivity (Wildman–Crippen MR) is 82.1 cm³/mol. The molecule has 21 heavy (non-hydrogen) atoms. The van der Waals surface area contributed by atoms with Crippen molar-refractivity contribution < 1.29 is 4.79 Å². The molecule has 2 aromatic heterocycles. The van der Waals surface area contributed by atoms with Crippen molar-refractivity contribution in [3.05, 3.63) is 35.9 Å². The molecule has 0 radical (unpaired) electrons. The van der Waals surface area contributed by atoms with E-state index in [0.717, 1.165) is 24.4 Å². The van der Waals surface area contributed by atoms with Gasteiger partial charge in [0.1, 0.15) is 0 Å². The molecule has 0 aliphatic carbocycles. The summed E-state index contributed by atoms with van der Waals surface area (Å²) >= 11 is 1.34. The van der Waals surface area contributed by atoms with Gasteiger partial charge in [0.25, 0.3) is 0 Å². The molecule has 2 aromatic rings. The number of amides is 1. The summed E-state index contributed by atoms with van der Waals surface area (Å²) in [5, 5.41) is 7.90. The number of hydrogen-bond donors (Lipinski definition) is 1. The van der Waals surface area contributed by atoms with Gasteiger partial charge in [-0.3, -0.25) is 9.48 Å². The Balaban J connectivity index is 1.62. The largest absolute Gasteiger partial charge is 0.355 e. The molecule has 0 bridgehead atoms. The lowest BCUT2D eigenvalue weighted by Gasteiger charge is -2.06. The third-order valence-corrected chi connectivity index (χ3v) is 3.72. The van der Waals surface area contributed by atoms with Crippen molar-refractivity contribution in [3.63, 3.8) is 0 Å². The summed E-state index contributed by atoms with van der Waals surface area (Å²) in [6.07, 6.45) is 4.20. The van der Waals surface area contributed by atoms with E-state index < -0.39 is 0 Å². The average molecular weight is 305 g/mol. The van der Waals surface area contributed by atoms with Crippen molar-refractivity contribution in [1.29, 1.82) is 0 Å². The van der Waals surface area contributed by atoms with Gasteiger partial charge in [0, 0.05) is 31.2 Å². The Morgan fingerprint density at radius 2 is 2.10 bits per heavy atom. The molecular weight excluding hydrogens is 286 g/mol. The molecule has 1 amide bonds. The molecule has 0 saturated carbocycles. The highest BCUT2D eigenvalue weighted by Gasteiger charge is 2.04. The van der Waals surface area contributed by atoms with Crippen LogP contribution in [0.15, 0.2) is 29.7 Å². The minimum atomic E-state index is 0.000760. The van der Waals surface area contributed by atoms with Gasteiger partial charge in [-0.25, -0.2) is 9.97 Å². The Morgan fingerprint density at radius 1 is 1.33 bits per heavy atom. The van der Waals surface area contributed by atoms with Gasteiger partial charge in [0.2, 0.25) is 5.91 Å². The zero-order chi connectivity index (χ0) is 15.1. The molecule has 0 aliphatic heterocycles. The number of carbonyl (C=O) groups is 1. The summed E-state index contributed by atoms with van der Waals surface area (Å²) in [6, 6.07) is 3.80. The molecule has 1 N–H and O–H groups in total. The standard InChI is InChI=1S/C14H19N5OS/c1-11-9-12(2)19(18-11)8-4-7-15-13(20)10-21-14-16-5-3-6-17-14/h3,5-6,9H,4,7-8,10H2,1-2H3,(H,15,20). The number of rotatable bonds is 7. The van der Waals surface area contributed by atoms with Gasteiger partial charge in [-0.1, -0.05) is 11.8 Å². The minimum Gasteiger partial charge on any atom is -0.355 e. The van der Waals surface area contributed by atoms with Crippen LogP contribution in [0.3, 0.4) is 0 Å². The summed E-state index contributed by atoms with van der Waals surface area (Å²) in [5.74, 6) is 0.338. The summed E-state index contributed by atoms with van der Waals surface area (Å²) in [5.41, 5.74) is 2.17. The van der Waals surface area contributed by atoms with Crippen LogP contribution in [0.25, 0.3) is 0 Å². The number of aromatic nitrogens is 4. The van der Waals surface area contributed by atoms with Crippen molar-refractivity contribution in [1.82, 2.24) is 25.1 Å². The lowest BCUT2D eigenvalue weighted by molar-refractivity contribution is -0.118. The molecule has 0 saturated heterocycles. The van der Waals surface area contributed by atoms with Crippen molar-refractivity contribution >= 4 is 17.7 Å². The van der Waals surface area contributed by atoms with E-state index in [-0.39, 0.29) is 5.91 Å². The van der Waals surface area contributed by atoms with Crippen LogP contribution in [0.4, 0.5) is 0 Å². The van der Waals surface area contributed by atoms with E-state index in [1.165, 1.54) is 11.8 Å². The summed E-state index contributed by atoms with van der Waals surface area (Å²) in [4.78, 5) is 19.8. The van der Waals surface area contributed by atoms with Crippen LogP contribution >= 0.6 is 11.8 Å². The highest BCUT2D eigenvalue weighted by Crippen LogP contribution is 2.09. The third kappa shape index (κ3) is 5.18. The fraction of sp³-hybridized carbons (Fsp3) is 0.429. The molecule has 0 fully saturated rings. The van der Waals surface area contributed by atoms with Crippen LogP contribution in [0.5, 0.6) is 0 Å². The van der Waals surface area contributed by atoms with Gasteiger partial charge in [0.15, 0.2) is 5.16 Å². The van der Waals surface area contributed by atoms with Crippen LogP contribution < -0.4 is 5.32 Å². The van der Waals surface area contributed by atoms with E-state index in [9.17, 15) is 4.79 Å². The first-order valence-electron chi connectivity index (χ1n) is 6.83. The molecule has 0 unspecified atom stereocenters. The molecule has 7 heteroatoms. The molecule has 0 aromatic carbocycles. The normalized spacial score (nSPS) is 10.6. The van der Waals surface area contributed by atoms with Gasteiger partial charge in [0.05, 0.1) is 11.4 Å². The van der Waals surface area contributed by atoms with E-state index >= 15 is 0 Å². The molecule has 112 valence electrons. The molecule has 0 aliphatic rings. The third-order valence-electron chi connectivity index (χ3n) is 2.85. The molecular formula is C14H19N5OS. The van der Waals surface area contributed by atoms with Crippen LogP contribution in [-0.4, -0.2) is 38.0 Å². The van der Waals surface area contributed by atoms with Crippen LogP contribution in [0.2, 0.25) is 0 Å². The number of nitrogens with one attached hydrogen (secondary N) is 1. The number of nitrogens with zero attached hydrogens (tertiary/aromatic N) is 4. The Labute approximate surface area is 128 Å². The first kappa shape index (κ1) is 15.5. The lowest BCUT2D eigenvalue weighted by atomic mass is 10.4. The fourth-order valence-corrected chi connectivity index (χ4v) is 2.53. The highest BCUT2D eigenvalue weighted by molar-refractivity contribution is 7.99. The second kappa shape index (κ2) is 7.78. The first-order valence-corrected chi connectivity index (χ1v) is 7.81. The van der Waals surface area contributed by atoms with E-state index in [0.29, 0.717) is 17.5 Å². The molecule has 6 nitrogen and oxygen atoms in total.